The van der Waals surface area contributed by atoms with E-state index in [0.717, 1.165) is 19.5 Å². The number of cyclic esters (lactones) is 1. The summed E-state index contributed by atoms with van der Waals surface area (Å²) in [6.07, 6.45) is 3.51. The first-order valence-electron chi connectivity index (χ1n) is 5.50. The summed E-state index contributed by atoms with van der Waals surface area (Å²) in [4.78, 5) is 13.4. The lowest BCUT2D eigenvalue weighted by atomic mass is 9.97. The molecule has 0 aromatic rings. The Morgan fingerprint density at radius 2 is 2.43 bits per heavy atom. The van der Waals surface area contributed by atoms with Gasteiger partial charge in [-0.15, -0.1) is 0 Å². The molecule has 2 unspecified atom stereocenters. The quantitative estimate of drug-likeness (QED) is 0.719. The van der Waals surface area contributed by atoms with Gasteiger partial charge in [-0.1, -0.05) is 13.3 Å². The van der Waals surface area contributed by atoms with Crippen LogP contribution in [0.1, 0.15) is 26.2 Å². The maximum atomic E-state index is 10.9. The minimum absolute atomic E-state index is 0.0720. The van der Waals surface area contributed by atoms with E-state index in [2.05, 4.69) is 17.1 Å². The molecule has 14 heavy (non-hydrogen) atoms. The van der Waals surface area contributed by atoms with Crippen molar-refractivity contribution in [1.82, 2.24) is 10.2 Å². The van der Waals surface area contributed by atoms with Crippen LogP contribution in [-0.4, -0.2) is 42.8 Å². The van der Waals surface area contributed by atoms with Crippen molar-refractivity contribution in [3.63, 3.8) is 0 Å². The van der Waals surface area contributed by atoms with Gasteiger partial charge in [-0.05, 0) is 25.9 Å². The number of nitrogens with zero attached hydrogens (tertiary/aromatic N) is 1. The van der Waals surface area contributed by atoms with Crippen LogP contribution < -0.4 is 5.32 Å². The van der Waals surface area contributed by atoms with E-state index in [1.807, 2.05) is 0 Å². The van der Waals surface area contributed by atoms with Crippen molar-refractivity contribution in [2.75, 3.05) is 19.6 Å². The van der Waals surface area contributed by atoms with Gasteiger partial charge in [-0.2, -0.15) is 0 Å². The predicted octanol–water partition coefficient (Wildman–Crippen LogP) is 0.969. The minimum Gasteiger partial charge on any atom is -0.443 e. The Morgan fingerprint density at radius 3 is 3.07 bits per heavy atom. The van der Waals surface area contributed by atoms with Crippen LogP contribution >= 0.6 is 0 Å². The summed E-state index contributed by atoms with van der Waals surface area (Å²) in [5, 5.41) is 2.72. The van der Waals surface area contributed by atoms with Crippen LogP contribution in [0.4, 0.5) is 4.79 Å². The Labute approximate surface area is 84.6 Å². The van der Waals surface area contributed by atoms with Crippen LogP contribution in [-0.2, 0) is 4.74 Å². The van der Waals surface area contributed by atoms with Gasteiger partial charge in [0.25, 0.3) is 0 Å². The number of hydrogen-bond acceptors (Lipinski definition) is 3. The summed E-state index contributed by atoms with van der Waals surface area (Å²) in [7, 11) is 0. The second-order valence-electron chi connectivity index (χ2n) is 4.02. The summed E-state index contributed by atoms with van der Waals surface area (Å²) < 4.78 is 5.24. The van der Waals surface area contributed by atoms with Crippen LogP contribution in [0.5, 0.6) is 0 Å². The topological polar surface area (TPSA) is 41.6 Å². The molecule has 80 valence electrons. The van der Waals surface area contributed by atoms with Crippen molar-refractivity contribution in [2.45, 2.75) is 38.3 Å². The van der Waals surface area contributed by atoms with Crippen molar-refractivity contribution in [2.24, 2.45) is 0 Å². The second-order valence-corrected chi connectivity index (χ2v) is 4.02. The van der Waals surface area contributed by atoms with Crippen LogP contribution in [0, 0.1) is 0 Å². The van der Waals surface area contributed by atoms with Gasteiger partial charge in [0.1, 0.15) is 6.10 Å². The number of ether oxygens (including phenoxy) is 1. The fourth-order valence-electron chi connectivity index (χ4n) is 2.45. The lowest BCUT2D eigenvalue weighted by molar-refractivity contribution is 0.0403. The average Bonchev–Trinajstić information content (AvgIpc) is 2.65. The van der Waals surface area contributed by atoms with Gasteiger partial charge in [0.05, 0.1) is 6.54 Å². The summed E-state index contributed by atoms with van der Waals surface area (Å²) >= 11 is 0. The third kappa shape index (κ3) is 1.85. The fraction of sp³-hybridized carbons (Fsp3) is 0.900. The van der Waals surface area contributed by atoms with Crippen molar-refractivity contribution in [3.05, 3.63) is 0 Å². The summed E-state index contributed by atoms with van der Waals surface area (Å²) in [5.41, 5.74) is 0. The van der Waals surface area contributed by atoms with Crippen molar-refractivity contribution >= 4 is 6.09 Å². The second kappa shape index (κ2) is 4.17. The van der Waals surface area contributed by atoms with E-state index in [-0.39, 0.29) is 12.2 Å². The Morgan fingerprint density at radius 1 is 1.57 bits per heavy atom. The van der Waals surface area contributed by atoms with E-state index < -0.39 is 0 Å². The van der Waals surface area contributed by atoms with E-state index in [9.17, 15) is 4.79 Å². The van der Waals surface area contributed by atoms with Gasteiger partial charge in [0.2, 0.25) is 0 Å². The van der Waals surface area contributed by atoms with E-state index >= 15 is 0 Å². The van der Waals surface area contributed by atoms with Crippen molar-refractivity contribution in [3.8, 4) is 0 Å². The first kappa shape index (κ1) is 9.77. The van der Waals surface area contributed by atoms with Crippen LogP contribution in [0.2, 0.25) is 0 Å². The van der Waals surface area contributed by atoms with Gasteiger partial charge in [0, 0.05) is 6.04 Å². The number of rotatable bonds is 2. The molecule has 4 heteroatoms. The SMILES string of the molecule is CCN1CCCCC1C1CNC(=O)O1. The molecule has 0 aromatic carbocycles. The zero-order chi connectivity index (χ0) is 9.97. The van der Waals surface area contributed by atoms with E-state index in [1.54, 1.807) is 0 Å². The number of amides is 1. The number of piperidine rings is 1. The van der Waals surface area contributed by atoms with Crippen LogP contribution in [0.25, 0.3) is 0 Å². The number of likely N-dealkylation sites (tertiary alicyclic amines) is 1. The largest absolute Gasteiger partial charge is 0.443 e. The lowest BCUT2D eigenvalue weighted by Gasteiger charge is -2.37. The fourth-order valence-corrected chi connectivity index (χ4v) is 2.45. The monoisotopic (exact) mass is 198 g/mol. The summed E-state index contributed by atoms with van der Waals surface area (Å²) in [6.45, 7) is 5.05. The third-order valence-corrected chi connectivity index (χ3v) is 3.21. The molecule has 2 atom stereocenters. The number of alkyl carbamates (subject to hydrolysis) is 1. The molecule has 0 saturated carbocycles. The highest BCUT2D eigenvalue weighted by Crippen LogP contribution is 2.22. The van der Waals surface area contributed by atoms with Gasteiger partial charge < -0.3 is 10.1 Å². The molecule has 2 aliphatic heterocycles. The molecule has 2 heterocycles. The van der Waals surface area contributed by atoms with E-state index in [4.69, 9.17) is 4.74 Å². The molecular formula is C10H18N2O2. The highest BCUT2D eigenvalue weighted by atomic mass is 16.6. The van der Waals surface area contributed by atoms with Gasteiger partial charge >= 0.3 is 6.09 Å². The maximum Gasteiger partial charge on any atom is 0.407 e. The highest BCUT2D eigenvalue weighted by molar-refractivity contribution is 5.69. The molecule has 2 saturated heterocycles. The molecule has 0 aliphatic carbocycles. The Balaban J connectivity index is 1.96. The Hall–Kier alpha value is -0.770. The molecule has 0 aromatic heterocycles. The Kier molecular flexibility index (Phi) is 2.91. The van der Waals surface area contributed by atoms with Crippen molar-refractivity contribution in [1.29, 1.82) is 0 Å². The minimum atomic E-state index is -0.253. The molecule has 0 spiro atoms. The third-order valence-electron chi connectivity index (χ3n) is 3.21. The van der Waals surface area contributed by atoms with E-state index in [0.29, 0.717) is 12.6 Å². The molecule has 2 rings (SSSR count). The lowest BCUT2D eigenvalue weighted by Crippen LogP contribution is -2.47. The molecule has 1 N–H and O–H groups in total. The average molecular weight is 198 g/mol. The molecule has 0 radical (unpaired) electrons. The highest BCUT2D eigenvalue weighted by Gasteiger charge is 2.35. The molecular weight excluding hydrogens is 180 g/mol. The normalized spacial score (nSPS) is 33.9. The molecule has 0 bridgehead atoms. The number of carbonyl (C=O) groups is 1. The number of hydrogen-bond donors (Lipinski definition) is 1. The smallest absolute Gasteiger partial charge is 0.407 e. The standard InChI is InChI=1S/C10H18N2O2/c1-2-12-6-4-3-5-8(12)9-7-11-10(13)14-9/h8-9H,2-7H2,1H3,(H,11,13). The molecule has 1 amide bonds. The number of likely N-dealkylation sites (N-methyl/N-ethyl adjacent to an activating group) is 1. The van der Waals surface area contributed by atoms with E-state index in [1.165, 1.54) is 12.8 Å². The summed E-state index contributed by atoms with van der Waals surface area (Å²) in [6, 6.07) is 0.438. The zero-order valence-corrected chi connectivity index (χ0v) is 8.66. The van der Waals surface area contributed by atoms with Gasteiger partial charge in [-0.3, -0.25) is 4.90 Å². The van der Waals surface area contributed by atoms with Gasteiger partial charge in [-0.25, -0.2) is 4.79 Å². The van der Waals surface area contributed by atoms with Crippen LogP contribution in [0.3, 0.4) is 0 Å². The first-order chi connectivity index (χ1) is 6.81. The Bertz CT molecular complexity index is 220. The maximum absolute atomic E-state index is 10.9. The summed E-state index contributed by atoms with van der Waals surface area (Å²) in [5.74, 6) is 0. The van der Waals surface area contributed by atoms with Gasteiger partial charge in [0.15, 0.2) is 0 Å². The molecule has 2 aliphatic rings. The van der Waals surface area contributed by atoms with Crippen LogP contribution in [0.15, 0.2) is 0 Å². The molecule has 4 nitrogen and oxygen atoms in total. The van der Waals surface area contributed by atoms with Crippen molar-refractivity contribution < 1.29 is 9.53 Å². The number of nitrogens with one attached hydrogen (secondary N) is 1. The predicted molar refractivity (Wildman–Crippen MR) is 53.2 cm³/mol. The zero-order valence-electron chi connectivity index (χ0n) is 8.66. The first-order valence-corrected chi connectivity index (χ1v) is 5.50. The molecule has 2 fully saturated rings. The number of carbonyl (C=O) groups excluding carboxylic acids is 1.